The zero-order valence-corrected chi connectivity index (χ0v) is 11.8. The fourth-order valence-electron chi connectivity index (χ4n) is 1.96. The average molecular weight is 274 g/mol. The van der Waals surface area contributed by atoms with Crippen LogP contribution in [0.3, 0.4) is 0 Å². The van der Waals surface area contributed by atoms with E-state index >= 15 is 0 Å². The zero-order chi connectivity index (χ0) is 13.4. The second kappa shape index (κ2) is 4.62. The van der Waals surface area contributed by atoms with Gasteiger partial charge >= 0.3 is 0 Å². The standard InChI is InChI=1S/C13H14N4OS/c1-7(2)11-12(19-17-16-11)13-14-9-5-4-8(18-3)6-10(9)15-13/h4-7H,1-3H3,(H,14,15). The number of benzene rings is 1. The number of rotatable bonds is 3. The number of nitrogens with one attached hydrogen (secondary N) is 1. The summed E-state index contributed by atoms with van der Waals surface area (Å²) in [6.45, 7) is 4.21. The van der Waals surface area contributed by atoms with Crippen molar-refractivity contribution < 1.29 is 4.74 Å². The van der Waals surface area contributed by atoms with E-state index in [1.165, 1.54) is 11.5 Å². The lowest BCUT2D eigenvalue weighted by atomic mass is 10.1. The lowest BCUT2D eigenvalue weighted by Crippen LogP contribution is -1.91. The van der Waals surface area contributed by atoms with Gasteiger partial charge in [0.2, 0.25) is 0 Å². The molecule has 3 rings (SSSR count). The third-order valence-corrected chi connectivity index (χ3v) is 3.71. The van der Waals surface area contributed by atoms with Crippen molar-refractivity contribution in [1.29, 1.82) is 0 Å². The Morgan fingerprint density at radius 2 is 2.16 bits per heavy atom. The number of aromatic amines is 1. The zero-order valence-electron chi connectivity index (χ0n) is 11.0. The second-order valence-corrected chi connectivity index (χ2v) is 5.36. The highest BCUT2D eigenvalue weighted by atomic mass is 32.1. The van der Waals surface area contributed by atoms with Crippen LogP contribution in [0.2, 0.25) is 0 Å². The first-order valence-corrected chi connectivity index (χ1v) is 6.82. The molecule has 0 spiro atoms. The molecule has 0 saturated heterocycles. The number of hydrogen-bond acceptors (Lipinski definition) is 5. The number of fused-ring (bicyclic) bond motifs is 1. The highest BCUT2D eigenvalue weighted by molar-refractivity contribution is 7.09. The molecule has 0 aliphatic heterocycles. The van der Waals surface area contributed by atoms with Gasteiger partial charge in [-0.25, -0.2) is 4.98 Å². The van der Waals surface area contributed by atoms with Crippen molar-refractivity contribution >= 4 is 22.6 Å². The van der Waals surface area contributed by atoms with E-state index in [2.05, 4.69) is 33.4 Å². The van der Waals surface area contributed by atoms with Crippen LogP contribution in [-0.2, 0) is 0 Å². The number of ether oxygens (including phenoxy) is 1. The first-order valence-electron chi connectivity index (χ1n) is 6.05. The molecule has 0 fully saturated rings. The van der Waals surface area contributed by atoms with Crippen LogP contribution >= 0.6 is 11.5 Å². The highest BCUT2D eigenvalue weighted by Crippen LogP contribution is 2.30. The van der Waals surface area contributed by atoms with Gasteiger partial charge in [0.25, 0.3) is 0 Å². The Labute approximate surface area is 114 Å². The Bertz CT molecular complexity index is 716. The van der Waals surface area contributed by atoms with Gasteiger partial charge in [-0.1, -0.05) is 18.3 Å². The first-order chi connectivity index (χ1) is 9.19. The van der Waals surface area contributed by atoms with Crippen molar-refractivity contribution in [3.05, 3.63) is 23.9 Å². The molecule has 6 heteroatoms. The predicted molar refractivity (Wildman–Crippen MR) is 75.6 cm³/mol. The molecule has 0 aliphatic rings. The van der Waals surface area contributed by atoms with Crippen LogP contribution in [0.25, 0.3) is 21.7 Å². The minimum Gasteiger partial charge on any atom is -0.497 e. The Kier molecular flexibility index (Phi) is 2.94. The van der Waals surface area contributed by atoms with Gasteiger partial charge in [0.15, 0.2) is 5.82 Å². The molecule has 19 heavy (non-hydrogen) atoms. The summed E-state index contributed by atoms with van der Waals surface area (Å²) < 4.78 is 9.24. The van der Waals surface area contributed by atoms with Crippen LogP contribution in [0.4, 0.5) is 0 Å². The first kappa shape index (κ1) is 12.1. The molecule has 0 bridgehead atoms. The third-order valence-electron chi connectivity index (χ3n) is 2.96. The van der Waals surface area contributed by atoms with Gasteiger partial charge in [-0.05, 0) is 29.6 Å². The van der Waals surface area contributed by atoms with Crippen molar-refractivity contribution in [2.45, 2.75) is 19.8 Å². The molecule has 1 aromatic carbocycles. The van der Waals surface area contributed by atoms with E-state index in [1.54, 1.807) is 7.11 Å². The summed E-state index contributed by atoms with van der Waals surface area (Å²) in [7, 11) is 1.66. The van der Waals surface area contributed by atoms with Crippen LogP contribution in [-0.4, -0.2) is 26.7 Å². The molecule has 0 unspecified atom stereocenters. The number of hydrogen-bond donors (Lipinski definition) is 1. The largest absolute Gasteiger partial charge is 0.497 e. The van der Waals surface area contributed by atoms with Gasteiger partial charge in [0, 0.05) is 6.07 Å². The Hall–Kier alpha value is -1.95. The quantitative estimate of drug-likeness (QED) is 0.796. The van der Waals surface area contributed by atoms with Gasteiger partial charge in [0.1, 0.15) is 10.6 Å². The molecular formula is C13H14N4OS. The van der Waals surface area contributed by atoms with E-state index in [0.717, 1.165) is 33.2 Å². The van der Waals surface area contributed by atoms with E-state index in [9.17, 15) is 0 Å². The summed E-state index contributed by atoms with van der Waals surface area (Å²) in [6, 6.07) is 5.79. The lowest BCUT2D eigenvalue weighted by molar-refractivity contribution is 0.415. The molecule has 2 aromatic heterocycles. The SMILES string of the molecule is COc1ccc2nc(-c3snnc3C(C)C)[nH]c2c1. The van der Waals surface area contributed by atoms with Crippen LogP contribution in [0.5, 0.6) is 5.75 Å². The maximum atomic E-state index is 5.21. The van der Waals surface area contributed by atoms with E-state index < -0.39 is 0 Å². The topological polar surface area (TPSA) is 63.7 Å². The number of imidazole rings is 1. The van der Waals surface area contributed by atoms with Gasteiger partial charge in [-0.2, -0.15) is 0 Å². The van der Waals surface area contributed by atoms with Crippen molar-refractivity contribution in [3.8, 4) is 16.5 Å². The summed E-state index contributed by atoms with van der Waals surface area (Å²) in [6.07, 6.45) is 0. The Morgan fingerprint density at radius 3 is 2.89 bits per heavy atom. The fraction of sp³-hybridized carbons (Fsp3) is 0.308. The summed E-state index contributed by atoms with van der Waals surface area (Å²) in [5.74, 6) is 1.97. The molecule has 2 heterocycles. The van der Waals surface area contributed by atoms with E-state index in [-0.39, 0.29) is 0 Å². The molecule has 3 aromatic rings. The van der Waals surface area contributed by atoms with Crippen molar-refractivity contribution in [2.75, 3.05) is 7.11 Å². The van der Waals surface area contributed by atoms with Crippen molar-refractivity contribution in [1.82, 2.24) is 19.6 Å². The highest BCUT2D eigenvalue weighted by Gasteiger charge is 2.16. The minimum absolute atomic E-state index is 0.330. The summed E-state index contributed by atoms with van der Waals surface area (Å²) >= 11 is 1.37. The van der Waals surface area contributed by atoms with Crippen molar-refractivity contribution in [2.24, 2.45) is 0 Å². The summed E-state index contributed by atoms with van der Waals surface area (Å²) in [5, 5.41) is 4.18. The van der Waals surface area contributed by atoms with Crippen LogP contribution in [0, 0.1) is 0 Å². The van der Waals surface area contributed by atoms with Gasteiger partial charge in [0.05, 0.1) is 23.8 Å². The Morgan fingerprint density at radius 1 is 1.32 bits per heavy atom. The van der Waals surface area contributed by atoms with Crippen LogP contribution in [0.1, 0.15) is 25.5 Å². The predicted octanol–water partition coefficient (Wildman–Crippen LogP) is 3.21. The third kappa shape index (κ3) is 2.08. The molecule has 0 amide bonds. The monoisotopic (exact) mass is 274 g/mol. The maximum Gasteiger partial charge on any atom is 0.152 e. The smallest absolute Gasteiger partial charge is 0.152 e. The molecule has 0 aliphatic carbocycles. The van der Waals surface area contributed by atoms with E-state index in [1.807, 2.05) is 18.2 Å². The number of methoxy groups -OCH3 is 1. The lowest BCUT2D eigenvalue weighted by Gasteiger charge is -2.00. The molecule has 0 radical (unpaired) electrons. The number of aromatic nitrogens is 4. The molecule has 1 N–H and O–H groups in total. The summed E-state index contributed by atoms with van der Waals surface area (Å²) in [5.41, 5.74) is 2.85. The minimum atomic E-state index is 0.330. The molecule has 0 atom stereocenters. The summed E-state index contributed by atoms with van der Waals surface area (Å²) in [4.78, 5) is 8.91. The molecule has 5 nitrogen and oxygen atoms in total. The normalized spacial score (nSPS) is 11.4. The van der Waals surface area contributed by atoms with E-state index in [4.69, 9.17) is 4.74 Å². The van der Waals surface area contributed by atoms with Gasteiger partial charge in [-0.15, -0.1) is 5.10 Å². The number of nitrogens with zero attached hydrogens (tertiary/aromatic N) is 3. The average Bonchev–Trinajstić information content (AvgIpc) is 3.03. The van der Waals surface area contributed by atoms with Crippen LogP contribution in [0.15, 0.2) is 18.2 Å². The second-order valence-electron chi connectivity index (χ2n) is 4.61. The van der Waals surface area contributed by atoms with Gasteiger partial charge < -0.3 is 9.72 Å². The fourth-order valence-corrected chi connectivity index (χ4v) is 2.73. The van der Waals surface area contributed by atoms with E-state index in [0.29, 0.717) is 5.92 Å². The molecular weight excluding hydrogens is 260 g/mol. The van der Waals surface area contributed by atoms with Gasteiger partial charge in [-0.3, -0.25) is 0 Å². The molecule has 0 saturated carbocycles. The maximum absolute atomic E-state index is 5.21. The van der Waals surface area contributed by atoms with Crippen molar-refractivity contribution in [3.63, 3.8) is 0 Å². The van der Waals surface area contributed by atoms with Crippen LogP contribution < -0.4 is 4.74 Å². The Balaban J connectivity index is 2.12. The molecule has 98 valence electrons. The number of H-pyrrole nitrogens is 1.